The Morgan fingerprint density at radius 1 is 1.27 bits per heavy atom. The molecular formula is C10H15Cl2FN2. The molecule has 2 heterocycles. The lowest BCUT2D eigenvalue weighted by Gasteiger charge is -2.22. The van der Waals surface area contributed by atoms with Gasteiger partial charge in [0, 0.05) is 6.04 Å². The van der Waals surface area contributed by atoms with E-state index in [9.17, 15) is 4.39 Å². The first-order valence-electron chi connectivity index (χ1n) is 4.71. The number of nitrogens with one attached hydrogen (secondary N) is 1. The Balaban J connectivity index is 0.000000980. The lowest BCUT2D eigenvalue weighted by atomic mass is 10.0. The van der Waals surface area contributed by atoms with Crippen LogP contribution < -0.4 is 5.32 Å². The normalized spacial score (nSPS) is 19.9. The Kier molecular flexibility index (Phi) is 6.81. The van der Waals surface area contributed by atoms with Crippen LogP contribution in [0.2, 0.25) is 0 Å². The van der Waals surface area contributed by atoms with Gasteiger partial charge >= 0.3 is 0 Å². The van der Waals surface area contributed by atoms with Crippen molar-refractivity contribution in [1.82, 2.24) is 10.3 Å². The van der Waals surface area contributed by atoms with E-state index in [0.717, 1.165) is 18.7 Å². The Hall–Kier alpha value is -0.380. The van der Waals surface area contributed by atoms with Gasteiger partial charge in [-0.1, -0.05) is 6.42 Å². The summed E-state index contributed by atoms with van der Waals surface area (Å²) in [5.74, 6) is -0.264. The third kappa shape index (κ3) is 3.93. The number of pyridine rings is 1. The standard InChI is InChI=1S/C10H13FN2.2ClH/c11-8-4-5-10(13-7-8)9-3-1-2-6-12-9;;/h4-5,7,9,12H,1-3,6H2;2*1H. The molecule has 15 heavy (non-hydrogen) atoms. The van der Waals surface area contributed by atoms with Crippen LogP contribution in [0.15, 0.2) is 18.3 Å². The predicted molar refractivity (Wildman–Crippen MR) is 63.3 cm³/mol. The molecule has 1 unspecified atom stereocenters. The highest BCUT2D eigenvalue weighted by Crippen LogP contribution is 2.20. The van der Waals surface area contributed by atoms with Gasteiger partial charge in [0.25, 0.3) is 0 Å². The van der Waals surface area contributed by atoms with Crippen LogP contribution in [0.1, 0.15) is 31.0 Å². The summed E-state index contributed by atoms with van der Waals surface area (Å²) in [6, 6.07) is 3.56. The number of piperidine rings is 1. The number of rotatable bonds is 1. The summed E-state index contributed by atoms with van der Waals surface area (Å²) in [4.78, 5) is 4.06. The second-order valence-corrected chi connectivity index (χ2v) is 3.40. The lowest BCUT2D eigenvalue weighted by molar-refractivity contribution is 0.404. The Labute approximate surface area is 101 Å². The van der Waals surface area contributed by atoms with Crippen LogP contribution in [0, 0.1) is 5.82 Å². The minimum absolute atomic E-state index is 0. The summed E-state index contributed by atoms with van der Waals surface area (Å²) in [6.07, 6.45) is 4.86. The molecule has 0 spiro atoms. The van der Waals surface area contributed by atoms with E-state index >= 15 is 0 Å². The summed E-state index contributed by atoms with van der Waals surface area (Å²) >= 11 is 0. The Morgan fingerprint density at radius 2 is 2.07 bits per heavy atom. The van der Waals surface area contributed by atoms with Crippen LogP contribution in [0.3, 0.4) is 0 Å². The summed E-state index contributed by atoms with van der Waals surface area (Å²) in [6.45, 7) is 1.05. The van der Waals surface area contributed by atoms with Gasteiger partial charge < -0.3 is 5.32 Å². The van der Waals surface area contributed by atoms with Crippen LogP contribution in [0.25, 0.3) is 0 Å². The maximum absolute atomic E-state index is 12.6. The topological polar surface area (TPSA) is 24.9 Å². The molecule has 1 saturated heterocycles. The lowest BCUT2D eigenvalue weighted by Crippen LogP contribution is -2.27. The first kappa shape index (κ1) is 14.6. The van der Waals surface area contributed by atoms with E-state index in [-0.39, 0.29) is 30.6 Å². The number of nitrogens with zero attached hydrogens (tertiary/aromatic N) is 1. The Bertz CT molecular complexity index is 273. The second kappa shape index (κ2) is 6.99. The maximum atomic E-state index is 12.6. The van der Waals surface area contributed by atoms with E-state index in [4.69, 9.17) is 0 Å². The fourth-order valence-corrected chi connectivity index (χ4v) is 1.70. The van der Waals surface area contributed by atoms with Crippen LogP contribution in [-0.2, 0) is 0 Å². The third-order valence-electron chi connectivity index (χ3n) is 2.42. The van der Waals surface area contributed by atoms with Crippen molar-refractivity contribution in [3.8, 4) is 0 Å². The smallest absolute Gasteiger partial charge is 0.141 e. The number of hydrogen-bond donors (Lipinski definition) is 1. The van der Waals surface area contributed by atoms with Gasteiger partial charge in [0.1, 0.15) is 5.82 Å². The summed E-state index contributed by atoms with van der Waals surface area (Å²) in [7, 11) is 0. The molecule has 1 aromatic rings. The molecule has 1 fully saturated rings. The van der Waals surface area contributed by atoms with E-state index in [1.807, 2.05) is 0 Å². The average molecular weight is 253 g/mol. The van der Waals surface area contributed by atoms with Crippen LogP contribution in [0.4, 0.5) is 4.39 Å². The molecule has 1 atom stereocenters. The fourth-order valence-electron chi connectivity index (χ4n) is 1.70. The van der Waals surface area contributed by atoms with Crippen LogP contribution in [-0.4, -0.2) is 11.5 Å². The van der Waals surface area contributed by atoms with Crippen molar-refractivity contribution in [1.29, 1.82) is 0 Å². The predicted octanol–water partition coefficient (Wildman–Crippen LogP) is 2.88. The first-order valence-corrected chi connectivity index (χ1v) is 4.71. The molecule has 2 rings (SSSR count). The van der Waals surface area contributed by atoms with E-state index in [0.29, 0.717) is 6.04 Å². The van der Waals surface area contributed by atoms with Gasteiger partial charge in [-0.2, -0.15) is 0 Å². The average Bonchev–Trinajstić information content (AvgIpc) is 2.20. The molecule has 0 bridgehead atoms. The minimum atomic E-state index is -0.264. The van der Waals surface area contributed by atoms with Crippen molar-refractivity contribution in [2.75, 3.05) is 6.54 Å². The van der Waals surface area contributed by atoms with Gasteiger partial charge in [-0.3, -0.25) is 4.98 Å². The second-order valence-electron chi connectivity index (χ2n) is 3.40. The number of halogens is 3. The van der Waals surface area contributed by atoms with Crippen molar-refractivity contribution >= 4 is 24.8 Å². The molecular weight excluding hydrogens is 238 g/mol. The molecule has 2 nitrogen and oxygen atoms in total. The van der Waals surface area contributed by atoms with Crippen LogP contribution in [0.5, 0.6) is 0 Å². The van der Waals surface area contributed by atoms with Gasteiger partial charge in [-0.25, -0.2) is 4.39 Å². The highest BCUT2D eigenvalue weighted by molar-refractivity contribution is 5.85. The highest BCUT2D eigenvalue weighted by Gasteiger charge is 2.15. The van der Waals surface area contributed by atoms with E-state index < -0.39 is 0 Å². The molecule has 1 aliphatic rings. The van der Waals surface area contributed by atoms with Crippen molar-refractivity contribution in [2.45, 2.75) is 25.3 Å². The maximum Gasteiger partial charge on any atom is 0.141 e. The van der Waals surface area contributed by atoms with E-state index in [1.54, 1.807) is 6.07 Å². The molecule has 1 aromatic heterocycles. The molecule has 1 N–H and O–H groups in total. The largest absolute Gasteiger partial charge is 0.309 e. The zero-order valence-electron chi connectivity index (χ0n) is 8.28. The molecule has 0 saturated carbocycles. The molecule has 0 radical (unpaired) electrons. The van der Waals surface area contributed by atoms with Crippen molar-refractivity contribution in [3.63, 3.8) is 0 Å². The van der Waals surface area contributed by atoms with Crippen molar-refractivity contribution < 1.29 is 4.39 Å². The van der Waals surface area contributed by atoms with E-state index in [2.05, 4.69) is 10.3 Å². The quantitative estimate of drug-likeness (QED) is 0.832. The van der Waals surface area contributed by atoms with Crippen molar-refractivity contribution in [2.24, 2.45) is 0 Å². The zero-order chi connectivity index (χ0) is 9.10. The van der Waals surface area contributed by atoms with Gasteiger partial charge in [0.05, 0.1) is 11.9 Å². The SMILES string of the molecule is Cl.Cl.Fc1ccc(C2CCCCN2)nc1. The Morgan fingerprint density at radius 3 is 2.60 bits per heavy atom. The highest BCUT2D eigenvalue weighted by atomic mass is 35.5. The summed E-state index contributed by atoms with van der Waals surface area (Å²) in [5.41, 5.74) is 0.959. The monoisotopic (exact) mass is 252 g/mol. The van der Waals surface area contributed by atoms with Gasteiger partial charge in [0.2, 0.25) is 0 Å². The number of hydrogen-bond acceptors (Lipinski definition) is 2. The molecule has 86 valence electrons. The van der Waals surface area contributed by atoms with Crippen molar-refractivity contribution in [3.05, 3.63) is 29.8 Å². The molecule has 0 aromatic carbocycles. The van der Waals surface area contributed by atoms with E-state index in [1.165, 1.54) is 25.1 Å². The third-order valence-corrected chi connectivity index (χ3v) is 2.42. The zero-order valence-corrected chi connectivity index (χ0v) is 9.91. The van der Waals surface area contributed by atoms with Gasteiger partial charge in [-0.15, -0.1) is 24.8 Å². The fraction of sp³-hybridized carbons (Fsp3) is 0.500. The minimum Gasteiger partial charge on any atom is -0.309 e. The molecule has 5 heteroatoms. The first-order chi connectivity index (χ1) is 6.36. The van der Waals surface area contributed by atoms with Gasteiger partial charge in [0.15, 0.2) is 0 Å². The van der Waals surface area contributed by atoms with Crippen LogP contribution >= 0.6 is 24.8 Å². The summed E-state index contributed by atoms with van der Waals surface area (Å²) < 4.78 is 12.6. The molecule has 1 aliphatic heterocycles. The number of aromatic nitrogens is 1. The summed E-state index contributed by atoms with van der Waals surface area (Å²) in [5, 5.41) is 3.37. The van der Waals surface area contributed by atoms with Gasteiger partial charge in [-0.05, 0) is 31.5 Å². The molecule has 0 amide bonds. The molecule has 0 aliphatic carbocycles.